The number of esters is 1. The van der Waals surface area contributed by atoms with Gasteiger partial charge >= 0.3 is 5.97 Å². The molecule has 2 aromatic carbocycles. The average Bonchev–Trinajstić information content (AvgIpc) is 2.92. The second kappa shape index (κ2) is 20.3. The smallest absolute Gasteiger partial charge is 0.343 e. The predicted molar refractivity (Wildman–Crippen MR) is 158 cm³/mol. The van der Waals surface area contributed by atoms with E-state index in [1.807, 2.05) is 0 Å². The van der Waals surface area contributed by atoms with Crippen molar-refractivity contribution in [3.63, 3.8) is 0 Å². The maximum atomic E-state index is 12.2. The molecule has 2 rings (SSSR count). The molecule has 38 heavy (non-hydrogen) atoms. The fraction of sp³-hybridized carbons (Fsp3) is 0.531. The quantitative estimate of drug-likeness (QED) is 0.0598. The van der Waals surface area contributed by atoms with Gasteiger partial charge in [-0.1, -0.05) is 108 Å². The van der Waals surface area contributed by atoms with E-state index in [-0.39, 0.29) is 5.91 Å². The minimum atomic E-state index is -0.450. The van der Waals surface area contributed by atoms with Crippen LogP contribution in [0.15, 0.2) is 53.6 Å². The van der Waals surface area contributed by atoms with Crippen LogP contribution < -0.4 is 10.2 Å². The van der Waals surface area contributed by atoms with Crippen LogP contribution in [0.3, 0.4) is 0 Å². The number of carbonyl (C=O) groups is 2. The lowest BCUT2D eigenvalue weighted by atomic mass is 10.0. The van der Waals surface area contributed by atoms with Crippen molar-refractivity contribution in [2.24, 2.45) is 5.10 Å². The number of carbonyl (C=O) groups excluding carboxylic acids is 2. The van der Waals surface area contributed by atoms with Crippen molar-refractivity contribution in [1.82, 2.24) is 5.43 Å². The Morgan fingerprint density at radius 1 is 0.737 bits per heavy atom. The molecule has 0 aliphatic carbocycles. The Hall–Kier alpha value is -2.66. The molecule has 2 aromatic rings. The number of benzene rings is 2. The van der Waals surface area contributed by atoms with Gasteiger partial charge in [-0.2, -0.15) is 5.10 Å². The van der Waals surface area contributed by atoms with Gasteiger partial charge in [-0.05, 0) is 60.5 Å². The lowest BCUT2D eigenvalue weighted by Gasteiger charge is -2.05. The van der Waals surface area contributed by atoms with Crippen LogP contribution in [0.1, 0.15) is 126 Å². The van der Waals surface area contributed by atoms with Crippen LogP contribution in [0.25, 0.3) is 0 Å². The first-order chi connectivity index (χ1) is 18.6. The summed E-state index contributed by atoms with van der Waals surface area (Å²) >= 11 is 5.84. The number of hydrogen-bond acceptors (Lipinski definition) is 4. The van der Waals surface area contributed by atoms with Gasteiger partial charge in [0.25, 0.3) is 0 Å². The molecule has 0 fully saturated rings. The highest BCUT2D eigenvalue weighted by Crippen LogP contribution is 2.16. The third-order valence-electron chi connectivity index (χ3n) is 6.58. The molecule has 0 spiro atoms. The van der Waals surface area contributed by atoms with Crippen molar-refractivity contribution in [1.29, 1.82) is 0 Å². The second-order valence-corrected chi connectivity index (χ2v) is 10.4. The Kier molecular flexibility index (Phi) is 16.9. The van der Waals surface area contributed by atoms with Crippen LogP contribution in [0.2, 0.25) is 5.02 Å². The number of unbranched alkanes of at least 4 members (excludes halogenated alkanes) is 14. The summed E-state index contributed by atoms with van der Waals surface area (Å²) in [6.45, 7) is 2.27. The number of hydrogen-bond donors (Lipinski definition) is 1. The molecule has 1 N–H and O–H groups in total. The van der Waals surface area contributed by atoms with Crippen LogP contribution in [0.5, 0.6) is 5.75 Å². The molecule has 0 aromatic heterocycles. The highest BCUT2D eigenvalue weighted by molar-refractivity contribution is 6.30. The Labute approximate surface area is 234 Å². The van der Waals surface area contributed by atoms with E-state index in [4.69, 9.17) is 16.3 Å². The van der Waals surface area contributed by atoms with Crippen LogP contribution in [0, 0.1) is 0 Å². The summed E-state index contributed by atoms with van der Waals surface area (Å²) in [5.74, 6) is -0.0853. The zero-order valence-corrected chi connectivity index (χ0v) is 23.8. The lowest BCUT2D eigenvalue weighted by molar-refractivity contribution is -0.121. The number of ether oxygens (including phenoxy) is 1. The van der Waals surface area contributed by atoms with Gasteiger partial charge in [0.1, 0.15) is 5.75 Å². The molecule has 0 bridgehead atoms. The van der Waals surface area contributed by atoms with Crippen molar-refractivity contribution in [2.45, 2.75) is 110 Å². The Balaban J connectivity index is 1.46. The van der Waals surface area contributed by atoms with Crippen LogP contribution in [-0.2, 0) is 4.79 Å². The maximum absolute atomic E-state index is 12.2. The molecule has 0 aliphatic heterocycles. The topological polar surface area (TPSA) is 67.8 Å². The van der Waals surface area contributed by atoms with Gasteiger partial charge in [0, 0.05) is 11.4 Å². The number of rotatable bonds is 20. The van der Waals surface area contributed by atoms with E-state index >= 15 is 0 Å². The first kappa shape index (κ1) is 31.6. The summed E-state index contributed by atoms with van der Waals surface area (Å²) in [6.07, 6.45) is 21.7. The van der Waals surface area contributed by atoms with Crippen molar-refractivity contribution in [3.8, 4) is 5.75 Å². The third-order valence-corrected chi connectivity index (χ3v) is 6.83. The third kappa shape index (κ3) is 14.9. The van der Waals surface area contributed by atoms with Gasteiger partial charge in [0.2, 0.25) is 5.91 Å². The second-order valence-electron chi connectivity index (χ2n) is 9.96. The van der Waals surface area contributed by atoms with E-state index in [0.717, 1.165) is 18.4 Å². The number of nitrogens with one attached hydrogen (secondary N) is 1. The molecular weight excluding hydrogens is 496 g/mol. The van der Waals surface area contributed by atoms with E-state index in [2.05, 4.69) is 17.5 Å². The maximum Gasteiger partial charge on any atom is 0.343 e. The zero-order valence-electron chi connectivity index (χ0n) is 23.1. The van der Waals surface area contributed by atoms with Gasteiger partial charge < -0.3 is 4.74 Å². The van der Waals surface area contributed by atoms with E-state index in [1.54, 1.807) is 54.7 Å². The summed E-state index contributed by atoms with van der Waals surface area (Å²) in [7, 11) is 0. The van der Waals surface area contributed by atoms with Gasteiger partial charge in [-0.25, -0.2) is 10.2 Å². The molecule has 0 saturated heterocycles. The van der Waals surface area contributed by atoms with Crippen molar-refractivity contribution >= 4 is 29.7 Å². The van der Waals surface area contributed by atoms with E-state index < -0.39 is 5.97 Å². The fourth-order valence-corrected chi connectivity index (χ4v) is 4.39. The zero-order chi connectivity index (χ0) is 27.3. The normalized spacial score (nSPS) is 11.1. The summed E-state index contributed by atoms with van der Waals surface area (Å²) < 4.78 is 5.36. The SMILES string of the molecule is CCCCCCCCCCCCCCCCCC(=O)NN=Cc1ccc(OC(=O)c2ccc(Cl)cc2)cc1. The first-order valence-corrected chi connectivity index (χ1v) is 14.9. The first-order valence-electron chi connectivity index (χ1n) is 14.5. The van der Waals surface area contributed by atoms with Crippen LogP contribution >= 0.6 is 11.6 Å². The molecular formula is C32H45ClN2O3. The summed E-state index contributed by atoms with van der Waals surface area (Å²) in [5.41, 5.74) is 3.81. The molecule has 6 heteroatoms. The molecule has 0 aliphatic rings. The van der Waals surface area contributed by atoms with Crippen LogP contribution in [-0.4, -0.2) is 18.1 Å². The van der Waals surface area contributed by atoms with Crippen molar-refractivity contribution in [2.75, 3.05) is 0 Å². The molecule has 0 atom stereocenters. The lowest BCUT2D eigenvalue weighted by Crippen LogP contribution is -2.16. The van der Waals surface area contributed by atoms with Crippen LogP contribution in [0.4, 0.5) is 0 Å². The molecule has 0 radical (unpaired) electrons. The molecule has 208 valence electrons. The van der Waals surface area contributed by atoms with E-state index in [1.165, 1.54) is 83.5 Å². The number of hydrazone groups is 1. The molecule has 0 heterocycles. The molecule has 0 unspecified atom stereocenters. The van der Waals surface area contributed by atoms with Gasteiger partial charge in [0.15, 0.2) is 0 Å². The molecule has 5 nitrogen and oxygen atoms in total. The average molecular weight is 541 g/mol. The van der Waals surface area contributed by atoms with Gasteiger partial charge in [-0.15, -0.1) is 0 Å². The highest BCUT2D eigenvalue weighted by Gasteiger charge is 2.08. The Bertz CT molecular complexity index is 942. The minimum Gasteiger partial charge on any atom is -0.423 e. The monoisotopic (exact) mass is 540 g/mol. The number of amides is 1. The standard InChI is InChI=1S/C32H45ClN2O3/c1-2-3-4-5-6-7-8-9-10-11-12-13-14-15-16-17-31(36)35-34-26-27-18-24-30(25-19-27)38-32(37)28-20-22-29(33)23-21-28/h18-26H,2-17H2,1H3,(H,35,36). The van der Waals surface area contributed by atoms with E-state index in [0.29, 0.717) is 22.8 Å². The van der Waals surface area contributed by atoms with E-state index in [9.17, 15) is 9.59 Å². The number of nitrogens with zero attached hydrogens (tertiary/aromatic N) is 1. The summed E-state index contributed by atoms with van der Waals surface area (Å²) in [4.78, 5) is 24.2. The largest absolute Gasteiger partial charge is 0.423 e. The summed E-state index contributed by atoms with van der Waals surface area (Å²) in [5, 5.41) is 4.59. The fourth-order valence-electron chi connectivity index (χ4n) is 4.27. The molecule has 0 saturated carbocycles. The van der Waals surface area contributed by atoms with Crippen molar-refractivity contribution < 1.29 is 14.3 Å². The Morgan fingerprint density at radius 3 is 1.76 bits per heavy atom. The number of halogens is 1. The van der Waals surface area contributed by atoms with Crippen molar-refractivity contribution in [3.05, 3.63) is 64.7 Å². The highest BCUT2D eigenvalue weighted by atomic mass is 35.5. The van der Waals surface area contributed by atoms with Gasteiger partial charge in [0.05, 0.1) is 11.8 Å². The predicted octanol–water partition coefficient (Wildman–Crippen LogP) is 9.27. The Morgan fingerprint density at radius 2 is 1.24 bits per heavy atom. The minimum absolute atomic E-state index is 0.0653. The van der Waals surface area contributed by atoms with Gasteiger partial charge in [-0.3, -0.25) is 4.79 Å². The molecule has 1 amide bonds. The summed E-state index contributed by atoms with van der Waals surface area (Å²) in [6, 6.07) is 13.4.